The van der Waals surface area contributed by atoms with Gasteiger partial charge in [0.05, 0.1) is 17.0 Å². The molecule has 0 aliphatic rings. The normalized spacial score (nSPS) is 11.4. The summed E-state index contributed by atoms with van der Waals surface area (Å²) in [5, 5.41) is 11.4. The zero-order valence-corrected chi connectivity index (χ0v) is 20.0. The number of anilines is 1. The number of para-hydroxylation sites is 1. The number of carbonyl (C=O) groups excluding carboxylic acids is 1. The van der Waals surface area contributed by atoms with Crippen molar-refractivity contribution in [2.45, 2.75) is 17.8 Å². The molecule has 1 aromatic heterocycles. The van der Waals surface area contributed by atoms with E-state index in [4.69, 9.17) is 0 Å². The second-order valence-electron chi connectivity index (χ2n) is 7.26. The van der Waals surface area contributed by atoms with Gasteiger partial charge in [0.15, 0.2) is 5.16 Å². The Hall–Kier alpha value is -3.11. The van der Waals surface area contributed by atoms with Crippen LogP contribution in [0, 0.1) is 0 Å². The maximum Gasteiger partial charge on any atom is 0.418 e. The second-order valence-corrected chi connectivity index (χ2v) is 9.11. The molecule has 5 nitrogen and oxygen atoms in total. The average molecular weight is 547 g/mol. The number of thioether (sulfide) groups is 1. The molecule has 0 radical (unpaired) electrons. The van der Waals surface area contributed by atoms with Gasteiger partial charge in [0.1, 0.15) is 5.82 Å². The molecule has 34 heavy (non-hydrogen) atoms. The number of carbonyl (C=O) groups is 1. The van der Waals surface area contributed by atoms with Crippen molar-refractivity contribution in [1.82, 2.24) is 14.8 Å². The van der Waals surface area contributed by atoms with E-state index < -0.39 is 17.6 Å². The van der Waals surface area contributed by atoms with Crippen LogP contribution >= 0.6 is 27.7 Å². The third-order valence-electron chi connectivity index (χ3n) is 4.81. The highest BCUT2D eigenvalue weighted by molar-refractivity contribution is 9.10. The molecule has 0 unspecified atom stereocenters. The van der Waals surface area contributed by atoms with E-state index in [9.17, 15) is 18.0 Å². The first-order valence-electron chi connectivity index (χ1n) is 10.1. The number of nitrogens with one attached hydrogen (secondary N) is 1. The number of aromatic nitrogens is 3. The topological polar surface area (TPSA) is 59.8 Å². The van der Waals surface area contributed by atoms with Gasteiger partial charge in [-0.15, -0.1) is 10.2 Å². The van der Waals surface area contributed by atoms with Crippen molar-refractivity contribution in [3.63, 3.8) is 0 Å². The molecule has 0 atom stereocenters. The van der Waals surface area contributed by atoms with Gasteiger partial charge >= 0.3 is 6.18 Å². The molecule has 174 valence electrons. The number of nitrogens with zero attached hydrogens (tertiary/aromatic N) is 3. The minimum Gasteiger partial charge on any atom is -0.325 e. The summed E-state index contributed by atoms with van der Waals surface area (Å²) in [7, 11) is 0. The minimum absolute atomic E-state index is 0.135. The summed E-state index contributed by atoms with van der Waals surface area (Å²) in [4.78, 5) is 12.5. The van der Waals surface area contributed by atoms with Gasteiger partial charge in [-0.3, -0.25) is 9.36 Å². The standard InChI is InChI=1S/C24H18BrF3N4OS/c25-17-11-12-20(19(14-17)24(26,27)28)29-22(33)15-34-23-31-30-21(13-16-7-3-1-4-8-16)32(23)18-9-5-2-6-10-18/h1-12,14H,13,15H2,(H,29,33). The molecule has 3 aromatic carbocycles. The monoisotopic (exact) mass is 546 g/mol. The van der Waals surface area contributed by atoms with E-state index in [1.807, 2.05) is 65.2 Å². The molecule has 0 saturated heterocycles. The number of rotatable bonds is 7. The van der Waals surface area contributed by atoms with Crippen LogP contribution in [0.2, 0.25) is 0 Å². The van der Waals surface area contributed by atoms with Gasteiger partial charge in [-0.05, 0) is 35.9 Å². The lowest BCUT2D eigenvalue weighted by molar-refractivity contribution is -0.137. The van der Waals surface area contributed by atoms with Crippen molar-refractivity contribution in [3.8, 4) is 5.69 Å². The number of benzene rings is 3. The number of halogens is 4. The van der Waals surface area contributed by atoms with Crippen molar-refractivity contribution in [3.05, 3.63) is 100 Å². The van der Waals surface area contributed by atoms with E-state index in [1.54, 1.807) is 0 Å². The van der Waals surface area contributed by atoms with Crippen molar-refractivity contribution in [2.24, 2.45) is 0 Å². The fourth-order valence-electron chi connectivity index (χ4n) is 3.30. The molecule has 4 aromatic rings. The first-order valence-corrected chi connectivity index (χ1v) is 11.9. The Morgan fingerprint density at radius 1 is 0.971 bits per heavy atom. The Balaban J connectivity index is 1.54. The summed E-state index contributed by atoms with van der Waals surface area (Å²) < 4.78 is 42.2. The Kier molecular flexibility index (Phi) is 7.38. The quantitative estimate of drug-likeness (QED) is 0.273. The largest absolute Gasteiger partial charge is 0.418 e. The molecule has 1 amide bonds. The summed E-state index contributed by atoms with van der Waals surface area (Å²) in [6, 6.07) is 22.9. The summed E-state index contributed by atoms with van der Waals surface area (Å²) in [6.07, 6.45) is -4.07. The fraction of sp³-hybridized carbons (Fsp3) is 0.125. The molecule has 0 fully saturated rings. The third kappa shape index (κ3) is 5.87. The lowest BCUT2D eigenvalue weighted by Crippen LogP contribution is -2.18. The molecule has 0 saturated carbocycles. The predicted molar refractivity (Wildman–Crippen MR) is 129 cm³/mol. The van der Waals surface area contributed by atoms with Crippen LogP contribution in [-0.2, 0) is 17.4 Å². The highest BCUT2D eigenvalue weighted by atomic mass is 79.9. The Labute approximate surface area is 206 Å². The Morgan fingerprint density at radius 2 is 1.65 bits per heavy atom. The maximum absolute atomic E-state index is 13.4. The van der Waals surface area contributed by atoms with Crippen molar-refractivity contribution in [1.29, 1.82) is 0 Å². The summed E-state index contributed by atoms with van der Waals surface area (Å²) >= 11 is 4.14. The molecule has 1 N–H and O–H groups in total. The van der Waals surface area contributed by atoms with Gasteiger partial charge in [-0.25, -0.2) is 0 Å². The van der Waals surface area contributed by atoms with Crippen LogP contribution in [0.1, 0.15) is 17.0 Å². The highest BCUT2D eigenvalue weighted by Crippen LogP contribution is 2.36. The first kappa shape index (κ1) is 24.0. The van der Waals surface area contributed by atoms with Crippen LogP contribution in [0.5, 0.6) is 0 Å². The van der Waals surface area contributed by atoms with Gasteiger partial charge in [0, 0.05) is 16.6 Å². The van der Waals surface area contributed by atoms with E-state index in [1.165, 1.54) is 12.1 Å². The zero-order chi connectivity index (χ0) is 24.1. The number of hydrogen-bond donors (Lipinski definition) is 1. The SMILES string of the molecule is O=C(CSc1nnc(Cc2ccccc2)n1-c1ccccc1)Nc1ccc(Br)cc1C(F)(F)F. The average Bonchev–Trinajstić information content (AvgIpc) is 3.21. The van der Waals surface area contributed by atoms with Crippen molar-refractivity contribution >= 4 is 39.3 Å². The molecular formula is C24H18BrF3N4OS. The van der Waals surface area contributed by atoms with E-state index >= 15 is 0 Å². The maximum atomic E-state index is 13.4. The van der Waals surface area contributed by atoms with Gasteiger partial charge in [-0.2, -0.15) is 13.2 Å². The smallest absolute Gasteiger partial charge is 0.325 e. The second kappa shape index (κ2) is 10.4. The fourth-order valence-corrected chi connectivity index (χ4v) is 4.43. The summed E-state index contributed by atoms with van der Waals surface area (Å²) in [5.41, 5.74) is 0.665. The lowest BCUT2D eigenvalue weighted by Gasteiger charge is -2.14. The minimum atomic E-state index is -4.60. The van der Waals surface area contributed by atoms with Gasteiger partial charge in [-0.1, -0.05) is 76.2 Å². The number of amides is 1. The predicted octanol–water partition coefficient (Wildman–Crippen LogP) is 6.37. The van der Waals surface area contributed by atoms with Gasteiger partial charge < -0.3 is 5.32 Å². The molecule has 0 bridgehead atoms. The molecule has 4 rings (SSSR count). The highest BCUT2D eigenvalue weighted by Gasteiger charge is 2.34. The Bertz CT molecular complexity index is 1280. The van der Waals surface area contributed by atoms with Crippen LogP contribution in [-0.4, -0.2) is 26.4 Å². The van der Waals surface area contributed by atoms with E-state index in [2.05, 4.69) is 31.4 Å². The van der Waals surface area contributed by atoms with Crippen LogP contribution < -0.4 is 5.32 Å². The third-order valence-corrected chi connectivity index (χ3v) is 6.24. The molecule has 0 aliphatic heterocycles. The molecule has 0 aliphatic carbocycles. The number of hydrogen-bond acceptors (Lipinski definition) is 4. The van der Waals surface area contributed by atoms with Gasteiger partial charge in [0.25, 0.3) is 0 Å². The summed E-state index contributed by atoms with van der Waals surface area (Å²) in [6.45, 7) is 0. The molecular weight excluding hydrogens is 529 g/mol. The van der Waals surface area contributed by atoms with Crippen LogP contribution in [0.4, 0.5) is 18.9 Å². The van der Waals surface area contributed by atoms with Crippen LogP contribution in [0.25, 0.3) is 5.69 Å². The van der Waals surface area contributed by atoms with E-state index in [0.29, 0.717) is 17.4 Å². The zero-order valence-electron chi connectivity index (χ0n) is 17.6. The van der Waals surface area contributed by atoms with E-state index in [0.717, 1.165) is 29.1 Å². The molecule has 0 spiro atoms. The van der Waals surface area contributed by atoms with Crippen molar-refractivity contribution in [2.75, 3.05) is 11.1 Å². The van der Waals surface area contributed by atoms with Crippen LogP contribution in [0.3, 0.4) is 0 Å². The van der Waals surface area contributed by atoms with Crippen molar-refractivity contribution < 1.29 is 18.0 Å². The van der Waals surface area contributed by atoms with Crippen LogP contribution in [0.15, 0.2) is 88.5 Å². The van der Waals surface area contributed by atoms with Gasteiger partial charge in [0.2, 0.25) is 5.91 Å². The Morgan fingerprint density at radius 3 is 2.32 bits per heavy atom. The lowest BCUT2D eigenvalue weighted by atomic mass is 10.1. The first-order chi connectivity index (χ1) is 16.3. The molecule has 1 heterocycles. The summed E-state index contributed by atoms with van der Waals surface area (Å²) in [5.74, 6) is -0.0263. The number of alkyl halides is 3. The molecule has 10 heteroatoms. The van der Waals surface area contributed by atoms with E-state index in [-0.39, 0.29) is 15.9 Å².